The van der Waals surface area contributed by atoms with Crippen molar-refractivity contribution < 1.29 is 23.5 Å². The molecule has 0 aliphatic rings. The van der Waals surface area contributed by atoms with Crippen LogP contribution < -0.4 is 0 Å². The lowest BCUT2D eigenvalue weighted by Crippen LogP contribution is -2.06. The van der Waals surface area contributed by atoms with Crippen LogP contribution in [-0.4, -0.2) is 25.2 Å². The van der Waals surface area contributed by atoms with Crippen LogP contribution in [0.1, 0.15) is 34.6 Å². The van der Waals surface area contributed by atoms with Crippen molar-refractivity contribution in [2.75, 3.05) is 13.2 Å². The summed E-state index contributed by atoms with van der Waals surface area (Å²) in [5.41, 5.74) is 3.02. The molecule has 5 heteroatoms. The van der Waals surface area contributed by atoms with Crippen molar-refractivity contribution in [1.82, 2.24) is 0 Å². The van der Waals surface area contributed by atoms with Crippen LogP contribution >= 0.6 is 0 Å². The molecule has 1 aromatic heterocycles. The van der Waals surface area contributed by atoms with Gasteiger partial charge in [0.05, 0.1) is 18.8 Å². The summed E-state index contributed by atoms with van der Waals surface area (Å²) in [4.78, 5) is 24.3. The van der Waals surface area contributed by atoms with E-state index in [2.05, 4.69) is 0 Å². The van der Waals surface area contributed by atoms with Crippen molar-refractivity contribution in [1.29, 1.82) is 0 Å². The lowest BCUT2D eigenvalue weighted by atomic mass is 9.97. The van der Waals surface area contributed by atoms with E-state index in [0.29, 0.717) is 29.1 Å². The number of furan rings is 1. The summed E-state index contributed by atoms with van der Waals surface area (Å²) >= 11 is 0. The minimum atomic E-state index is -0.451. The maximum atomic E-state index is 12.4. The third-order valence-electron chi connectivity index (χ3n) is 4.01. The smallest absolute Gasteiger partial charge is 0.342 e. The average Bonchev–Trinajstić information content (AvgIpc) is 3.14. The van der Waals surface area contributed by atoms with Crippen molar-refractivity contribution in [2.45, 2.75) is 13.8 Å². The molecule has 3 rings (SSSR count). The number of carbonyl (C=O) groups excluding carboxylic acids is 2. The van der Waals surface area contributed by atoms with Crippen molar-refractivity contribution >= 4 is 11.9 Å². The molecule has 2 aromatic carbocycles. The van der Waals surface area contributed by atoms with Crippen LogP contribution in [0.15, 0.2) is 65.3 Å². The number of carbonyl (C=O) groups is 2. The van der Waals surface area contributed by atoms with Crippen molar-refractivity contribution in [3.8, 4) is 22.5 Å². The van der Waals surface area contributed by atoms with Gasteiger partial charge in [-0.25, -0.2) is 9.59 Å². The van der Waals surface area contributed by atoms with Gasteiger partial charge in [-0.05, 0) is 31.5 Å². The van der Waals surface area contributed by atoms with Crippen LogP contribution in [-0.2, 0) is 9.47 Å². The summed E-state index contributed by atoms with van der Waals surface area (Å²) in [6.07, 6.45) is 1.41. The zero-order valence-electron chi connectivity index (χ0n) is 15.2. The molecule has 0 aliphatic carbocycles. The maximum Gasteiger partial charge on any atom is 0.342 e. The highest BCUT2D eigenvalue weighted by Crippen LogP contribution is 2.37. The second-order valence-electron chi connectivity index (χ2n) is 5.74. The highest BCUT2D eigenvalue weighted by atomic mass is 18.2. The van der Waals surface area contributed by atoms with Gasteiger partial charge in [0.25, 0.3) is 0 Å². The Balaban J connectivity index is 2.08. The van der Waals surface area contributed by atoms with E-state index in [1.54, 1.807) is 38.1 Å². The highest BCUT2D eigenvalue weighted by molar-refractivity contribution is 6.01. The molecule has 1 heterocycles. The first-order chi connectivity index (χ1) is 13.2. The van der Waals surface area contributed by atoms with Gasteiger partial charge < -0.3 is 13.9 Å². The van der Waals surface area contributed by atoms with Gasteiger partial charge >= 0.3 is 11.9 Å². The monoisotopic (exact) mass is 366 g/mol. The molecule has 0 bridgehead atoms. The van der Waals surface area contributed by atoms with Gasteiger partial charge in [0.2, 0.25) is 0 Å². The predicted molar refractivity (Wildman–Crippen MR) is 101 cm³/mol. The highest BCUT2D eigenvalue weighted by Gasteiger charge is 2.23. The number of hydrogen-bond acceptors (Lipinski definition) is 5. The number of benzene rings is 2. The van der Waals surface area contributed by atoms with E-state index < -0.39 is 5.97 Å². The zero-order valence-corrected chi connectivity index (χ0v) is 15.2. The van der Waals surface area contributed by atoms with Crippen LogP contribution in [0.2, 0.25) is 0 Å². The van der Waals surface area contributed by atoms with Crippen molar-refractivity contribution in [3.05, 3.63) is 72.0 Å². The Bertz CT molecular complexity index is 923. The predicted octanol–water partition coefficient (Wildman–Crippen LogP) is 4.97. The van der Waals surface area contributed by atoms with E-state index >= 15 is 0 Å². The summed E-state index contributed by atoms with van der Waals surface area (Å²) in [5.74, 6) is -0.263. The molecule has 0 saturated carbocycles. The molecule has 0 radical (unpaired) electrons. The molecule has 27 heavy (non-hydrogen) atoms. The second-order valence-corrected chi connectivity index (χ2v) is 5.74. The zero-order chi connectivity index (χ0) is 19.2. The van der Waals surface area contributed by atoms with Gasteiger partial charge in [0.1, 0.15) is 17.6 Å². The molecule has 0 saturated heterocycles. The summed E-state index contributed by atoms with van der Waals surface area (Å²) < 4.78 is 15.9. The van der Waals surface area contributed by atoms with Crippen LogP contribution in [0, 0.1) is 0 Å². The molecule has 0 spiro atoms. The summed E-state index contributed by atoms with van der Waals surface area (Å²) in [7, 11) is 0. The Hall–Kier alpha value is -3.34. The molecule has 0 fully saturated rings. The van der Waals surface area contributed by atoms with Gasteiger partial charge in [-0.2, -0.15) is 0 Å². The largest absolute Gasteiger partial charge is 0.463 e. The fraction of sp³-hybridized carbons (Fsp3) is 0.182. The quantitative estimate of drug-likeness (QED) is 0.577. The Morgan fingerprint density at radius 1 is 0.815 bits per heavy atom. The first kappa shape index (κ1) is 18.5. The van der Waals surface area contributed by atoms with Gasteiger partial charge in [-0.3, -0.25) is 0 Å². The van der Waals surface area contributed by atoms with Crippen molar-refractivity contribution in [2.24, 2.45) is 0 Å². The van der Waals surface area contributed by atoms with Gasteiger partial charge in [0, 0.05) is 11.1 Å². The van der Waals surface area contributed by atoms with Gasteiger partial charge in [-0.15, -0.1) is 0 Å². The van der Waals surface area contributed by atoms with E-state index in [1.807, 2.05) is 30.3 Å². The van der Waals surface area contributed by atoms with Crippen LogP contribution in [0.25, 0.3) is 22.5 Å². The standard InChI is InChI=1S/C22H20O5/c1-3-25-21(23)17-12-10-15(11-13-17)19-18(22(24)26-4-2)14-27-20(19)16-8-6-5-7-9-16/h5-14H,3-4H2,1-2H3/i27+2. The van der Waals surface area contributed by atoms with E-state index in [4.69, 9.17) is 13.9 Å². The average molecular weight is 366 g/mol. The second kappa shape index (κ2) is 8.36. The molecule has 138 valence electrons. The first-order valence-electron chi connectivity index (χ1n) is 8.77. The topological polar surface area (TPSA) is 65.7 Å². The van der Waals surface area contributed by atoms with Crippen LogP contribution in [0.5, 0.6) is 0 Å². The molecule has 0 aliphatic heterocycles. The fourth-order valence-corrected chi connectivity index (χ4v) is 2.79. The SMILES string of the molecule is CCOC(=O)c1ccc(-c2c(C(=O)OCC)c[18o]c2-c2ccccc2)cc1. The van der Waals surface area contributed by atoms with E-state index in [0.717, 1.165) is 11.1 Å². The van der Waals surface area contributed by atoms with Gasteiger partial charge in [-0.1, -0.05) is 42.5 Å². The number of rotatable bonds is 6. The molecule has 3 aromatic rings. The van der Waals surface area contributed by atoms with Crippen LogP contribution in [0.4, 0.5) is 0 Å². The number of hydrogen-bond donors (Lipinski definition) is 0. The molecule has 0 atom stereocenters. The lowest BCUT2D eigenvalue weighted by Gasteiger charge is -2.08. The fourth-order valence-electron chi connectivity index (χ4n) is 2.79. The Morgan fingerprint density at radius 3 is 2.07 bits per heavy atom. The summed E-state index contributed by atoms with van der Waals surface area (Å²) in [6.45, 7) is 4.10. The molecular weight excluding hydrogens is 346 g/mol. The first-order valence-corrected chi connectivity index (χ1v) is 8.77. The Kier molecular flexibility index (Phi) is 5.71. The molecule has 0 amide bonds. The minimum Gasteiger partial charge on any atom is -0.463 e. The normalized spacial score (nSPS) is 10.4. The van der Waals surface area contributed by atoms with Crippen molar-refractivity contribution in [3.63, 3.8) is 0 Å². The maximum absolute atomic E-state index is 12.4. The van der Waals surface area contributed by atoms with E-state index in [1.165, 1.54) is 6.26 Å². The van der Waals surface area contributed by atoms with Crippen LogP contribution in [0.3, 0.4) is 0 Å². The Labute approximate surface area is 157 Å². The molecule has 0 unspecified atom stereocenters. The summed E-state index contributed by atoms with van der Waals surface area (Å²) in [5, 5.41) is 0. The minimum absolute atomic E-state index is 0.270. The third kappa shape index (κ3) is 3.92. The molecule has 5 nitrogen and oxygen atoms in total. The van der Waals surface area contributed by atoms with E-state index in [-0.39, 0.29) is 12.6 Å². The number of esters is 2. The molecule has 0 N–H and O–H groups in total. The van der Waals surface area contributed by atoms with Gasteiger partial charge in [0.15, 0.2) is 0 Å². The lowest BCUT2D eigenvalue weighted by molar-refractivity contribution is 0.0516. The molecular formula is C22H20O5. The number of ether oxygens (including phenoxy) is 2. The Morgan fingerprint density at radius 2 is 1.44 bits per heavy atom. The summed E-state index contributed by atoms with van der Waals surface area (Å²) in [6, 6.07) is 16.4. The van der Waals surface area contributed by atoms with E-state index in [9.17, 15) is 9.59 Å². The third-order valence-corrected chi connectivity index (χ3v) is 4.01.